The average Bonchev–Trinajstić information content (AvgIpc) is 3.70. The number of ether oxygens (including phenoxy) is 1. The van der Waals surface area contributed by atoms with Crippen molar-refractivity contribution in [1.82, 2.24) is 0 Å². The molecule has 1 fully saturated rings. The lowest BCUT2D eigenvalue weighted by Crippen LogP contribution is -2.14. The van der Waals surface area contributed by atoms with Gasteiger partial charge in [0.15, 0.2) is 4.90 Å². The minimum absolute atomic E-state index is 0.116. The number of hydrogen-bond donors (Lipinski definition) is 1. The standard InChI is InChI=1S/C30H27NO3S/c32-30(19-22-13-16-27(17-14-22)35(33)21-23-11-12-23)31-25-15-18-28(24-7-3-1-4-8-24)29(20-25)34-26-9-5-2-6-10-26/h1-10,13-18,20,23H,11-12,19,21H2,(H,31,32). The van der Waals surface area contributed by atoms with Crippen LogP contribution in [0.4, 0.5) is 5.69 Å². The van der Waals surface area contributed by atoms with E-state index in [0.29, 0.717) is 17.4 Å². The summed E-state index contributed by atoms with van der Waals surface area (Å²) in [7, 11) is 0. The summed E-state index contributed by atoms with van der Waals surface area (Å²) >= 11 is -0.956. The van der Waals surface area contributed by atoms with Crippen molar-refractivity contribution < 1.29 is 14.1 Å². The molecular weight excluding hydrogens is 454 g/mol. The van der Waals surface area contributed by atoms with Gasteiger partial charge in [0, 0.05) is 23.2 Å². The third-order valence-electron chi connectivity index (χ3n) is 5.96. The van der Waals surface area contributed by atoms with Crippen LogP contribution < -0.4 is 10.1 Å². The Labute approximate surface area is 209 Å². The molecule has 1 amide bonds. The van der Waals surface area contributed by atoms with Crippen molar-refractivity contribution in [3.05, 3.63) is 109 Å². The molecular formula is C30H27NO3S. The van der Waals surface area contributed by atoms with Gasteiger partial charge in [0.2, 0.25) is 5.91 Å². The minimum Gasteiger partial charge on any atom is -0.611 e. The molecule has 0 aliphatic heterocycles. The quantitative estimate of drug-likeness (QED) is 0.266. The number of carbonyl (C=O) groups is 1. The summed E-state index contributed by atoms with van der Waals surface area (Å²) in [5.74, 6) is 2.64. The van der Waals surface area contributed by atoms with Crippen LogP contribution in [-0.4, -0.2) is 16.2 Å². The maximum Gasteiger partial charge on any atom is 0.228 e. The fraction of sp³-hybridized carbons (Fsp3) is 0.167. The summed E-state index contributed by atoms with van der Waals surface area (Å²) in [4.78, 5) is 13.6. The normalized spacial score (nSPS) is 13.7. The summed E-state index contributed by atoms with van der Waals surface area (Å²) in [6.07, 6.45) is 2.62. The second-order valence-corrected chi connectivity index (χ2v) is 10.3. The smallest absolute Gasteiger partial charge is 0.228 e. The van der Waals surface area contributed by atoms with Gasteiger partial charge in [-0.25, -0.2) is 0 Å². The van der Waals surface area contributed by atoms with Crippen molar-refractivity contribution in [3.8, 4) is 22.6 Å². The highest BCUT2D eigenvalue weighted by Crippen LogP contribution is 2.36. The van der Waals surface area contributed by atoms with Crippen molar-refractivity contribution in [2.75, 3.05) is 11.1 Å². The van der Waals surface area contributed by atoms with Crippen LogP contribution in [0, 0.1) is 5.92 Å². The highest BCUT2D eigenvalue weighted by Gasteiger charge is 2.28. The van der Waals surface area contributed by atoms with Crippen molar-refractivity contribution in [2.24, 2.45) is 5.92 Å². The maximum absolute atomic E-state index is 12.8. The van der Waals surface area contributed by atoms with Crippen molar-refractivity contribution in [3.63, 3.8) is 0 Å². The van der Waals surface area contributed by atoms with Crippen molar-refractivity contribution >= 4 is 22.8 Å². The number of para-hydroxylation sites is 1. The fourth-order valence-corrected chi connectivity index (χ4v) is 5.29. The van der Waals surface area contributed by atoms with E-state index in [-0.39, 0.29) is 12.3 Å². The third kappa shape index (κ3) is 6.32. The molecule has 1 aliphatic rings. The third-order valence-corrected chi connectivity index (χ3v) is 7.53. The summed E-state index contributed by atoms with van der Waals surface area (Å²) in [5.41, 5.74) is 3.54. The first-order valence-corrected chi connectivity index (χ1v) is 13.2. The van der Waals surface area contributed by atoms with Crippen LogP contribution in [0.3, 0.4) is 0 Å². The average molecular weight is 482 g/mol. The van der Waals surface area contributed by atoms with Gasteiger partial charge in [-0.1, -0.05) is 60.7 Å². The zero-order valence-electron chi connectivity index (χ0n) is 19.4. The molecule has 1 atom stereocenters. The number of carbonyl (C=O) groups excluding carboxylic acids is 1. The second kappa shape index (κ2) is 10.8. The first kappa shape index (κ1) is 23.2. The first-order chi connectivity index (χ1) is 17.1. The topological polar surface area (TPSA) is 61.4 Å². The van der Waals surface area contributed by atoms with Gasteiger partial charge in [0.25, 0.3) is 0 Å². The molecule has 4 aromatic carbocycles. The van der Waals surface area contributed by atoms with Gasteiger partial charge in [-0.05, 0) is 71.5 Å². The Hall–Kier alpha value is -3.54. The van der Waals surface area contributed by atoms with E-state index in [4.69, 9.17) is 4.74 Å². The molecule has 4 aromatic rings. The van der Waals surface area contributed by atoms with E-state index in [1.165, 1.54) is 12.8 Å². The lowest BCUT2D eigenvalue weighted by molar-refractivity contribution is -0.115. The largest absolute Gasteiger partial charge is 0.611 e. The number of benzene rings is 4. The molecule has 176 valence electrons. The first-order valence-electron chi connectivity index (χ1n) is 11.8. The summed E-state index contributed by atoms with van der Waals surface area (Å²) in [6, 6.07) is 32.9. The van der Waals surface area contributed by atoms with Gasteiger partial charge in [0.05, 0.1) is 6.42 Å². The molecule has 1 unspecified atom stereocenters. The highest BCUT2D eigenvalue weighted by molar-refractivity contribution is 7.91. The number of anilines is 1. The molecule has 0 saturated heterocycles. The van der Waals surface area contributed by atoms with Gasteiger partial charge < -0.3 is 14.6 Å². The zero-order valence-corrected chi connectivity index (χ0v) is 20.2. The van der Waals surface area contributed by atoms with E-state index in [1.807, 2.05) is 103 Å². The van der Waals surface area contributed by atoms with E-state index in [9.17, 15) is 9.35 Å². The summed E-state index contributed by atoms with van der Waals surface area (Å²) in [5, 5.41) is 2.99. The minimum atomic E-state index is -0.956. The van der Waals surface area contributed by atoms with Gasteiger partial charge in [-0.2, -0.15) is 0 Å². The Balaban J connectivity index is 1.29. The van der Waals surface area contributed by atoms with Crippen molar-refractivity contribution in [2.45, 2.75) is 24.2 Å². The maximum atomic E-state index is 12.8. The SMILES string of the molecule is O=C(Cc1ccc([S+]([O-])CC2CC2)cc1)Nc1ccc(-c2ccccc2)c(Oc2ccccc2)c1. The molecule has 0 bridgehead atoms. The van der Waals surface area contributed by atoms with Gasteiger partial charge in [0.1, 0.15) is 17.3 Å². The van der Waals surface area contributed by atoms with Crippen LogP contribution in [0.5, 0.6) is 11.5 Å². The van der Waals surface area contributed by atoms with Crippen LogP contribution >= 0.6 is 0 Å². The molecule has 0 aromatic heterocycles. The molecule has 1 saturated carbocycles. The predicted octanol–water partition coefficient (Wildman–Crippen LogP) is 6.84. The number of hydrogen-bond acceptors (Lipinski definition) is 3. The number of amides is 1. The van der Waals surface area contributed by atoms with E-state index >= 15 is 0 Å². The Morgan fingerprint density at radius 1 is 0.886 bits per heavy atom. The van der Waals surface area contributed by atoms with Gasteiger partial charge in [-0.3, -0.25) is 4.79 Å². The van der Waals surface area contributed by atoms with Crippen molar-refractivity contribution in [1.29, 1.82) is 0 Å². The molecule has 0 heterocycles. The Bertz CT molecular complexity index is 1270. The molecule has 1 aliphatic carbocycles. The fourth-order valence-electron chi connectivity index (χ4n) is 3.90. The van der Waals surface area contributed by atoms with Crippen LogP contribution in [-0.2, 0) is 22.4 Å². The summed E-state index contributed by atoms with van der Waals surface area (Å²) < 4.78 is 18.6. The van der Waals surface area contributed by atoms with Gasteiger partial charge >= 0.3 is 0 Å². The number of nitrogens with one attached hydrogen (secondary N) is 1. The van der Waals surface area contributed by atoms with Crippen LogP contribution in [0.2, 0.25) is 0 Å². The van der Waals surface area contributed by atoms with E-state index in [1.54, 1.807) is 0 Å². The van der Waals surface area contributed by atoms with E-state index < -0.39 is 11.2 Å². The molecule has 35 heavy (non-hydrogen) atoms. The lowest BCUT2D eigenvalue weighted by Gasteiger charge is -2.14. The molecule has 0 radical (unpaired) electrons. The van der Waals surface area contributed by atoms with Crippen LogP contribution in [0.1, 0.15) is 18.4 Å². The lowest BCUT2D eigenvalue weighted by atomic mass is 10.0. The van der Waals surface area contributed by atoms with Gasteiger partial charge in [-0.15, -0.1) is 0 Å². The Morgan fingerprint density at radius 3 is 2.26 bits per heavy atom. The molecule has 1 N–H and O–H groups in total. The predicted molar refractivity (Wildman–Crippen MR) is 141 cm³/mol. The van der Waals surface area contributed by atoms with Crippen LogP contribution in [0.15, 0.2) is 108 Å². The van der Waals surface area contributed by atoms with E-state index in [0.717, 1.165) is 33.1 Å². The number of rotatable bonds is 9. The second-order valence-electron chi connectivity index (χ2n) is 8.82. The monoisotopic (exact) mass is 481 g/mol. The Morgan fingerprint density at radius 2 is 1.57 bits per heavy atom. The molecule has 0 spiro atoms. The van der Waals surface area contributed by atoms with Crippen LogP contribution in [0.25, 0.3) is 11.1 Å². The Kier molecular flexibility index (Phi) is 7.17. The highest BCUT2D eigenvalue weighted by atomic mass is 32.2. The molecule has 4 nitrogen and oxygen atoms in total. The summed E-state index contributed by atoms with van der Waals surface area (Å²) in [6.45, 7) is 0. The van der Waals surface area contributed by atoms with E-state index in [2.05, 4.69) is 5.32 Å². The molecule has 5 rings (SSSR count). The zero-order chi connectivity index (χ0) is 24.0. The molecule has 5 heteroatoms.